The Bertz CT molecular complexity index is 590. The number of hydrogen-bond donors (Lipinski definition) is 1. The summed E-state index contributed by atoms with van der Waals surface area (Å²) in [7, 11) is 0. The van der Waals surface area contributed by atoms with Gasteiger partial charge in [-0.1, -0.05) is 11.3 Å². The van der Waals surface area contributed by atoms with Crippen molar-refractivity contribution in [3.05, 3.63) is 39.6 Å². The molecule has 2 rings (SSSR count). The third-order valence-electron chi connectivity index (χ3n) is 2.49. The molecule has 7 nitrogen and oxygen atoms in total. The lowest BCUT2D eigenvalue weighted by Gasteiger charge is -2.04. The minimum absolute atomic E-state index is 0.0157. The number of hydrogen-bond acceptors (Lipinski definition) is 5. The standard InChI is InChI=1S/C10H11N5O2/c1-6-3-4-8(9(5-6)15(16)17)14-7(2)10(11)12-13-14/h3-5H,11H2,1-2H3. The molecule has 0 saturated carbocycles. The van der Waals surface area contributed by atoms with Gasteiger partial charge < -0.3 is 5.73 Å². The van der Waals surface area contributed by atoms with Crippen LogP contribution in [0.4, 0.5) is 11.5 Å². The molecule has 0 radical (unpaired) electrons. The number of benzene rings is 1. The number of nitro benzene ring substituents is 1. The van der Waals surface area contributed by atoms with Gasteiger partial charge in [0.1, 0.15) is 5.69 Å². The molecule has 0 unspecified atom stereocenters. The number of nitrogens with two attached hydrogens (primary N) is 1. The lowest BCUT2D eigenvalue weighted by molar-refractivity contribution is -0.384. The molecule has 1 heterocycles. The topological polar surface area (TPSA) is 99.9 Å². The molecule has 1 aromatic heterocycles. The molecule has 88 valence electrons. The molecular formula is C10H11N5O2. The molecule has 0 aliphatic rings. The quantitative estimate of drug-likeness (QED) is 0.623. The first-order valence-electron chi connectivity index (χ1n) is 4.94. The minimum Gasteiger partial charge on any atom is -0.381 e. The SMILES string of the molecule is Cc1ccc(-n2nnc(N)c2C)c([N+](=O)[O-])c1. The van der Waals surface area contributed by atoms with E-state index in [1.807, 2.05) is 0 Å². The fourth-order valence-corrected chi connectivity index (χ4v) is 1.53. The fourth-order valence-electron chi connectivity index (χ4n) is 1.53. The number of rotatable bonds is 2. The Balaban J connectivity index is 2.67. The molecule has 7 heteroatoms. The number of aryl methyl sites for hydroxylation is 1. The molecular weight excluding hydrogens is 222 g/mol. The molecule has 0 fully saturated rings. The second-order valence-electron chi connectivity index (χ2n) is 3.72. The zero-order valence-electron chi connectivity index (χ0n) is 9.41. The summed E-state index contributed by atoms with van der Waals surface area (Å²) in [4.78, 5) is 10.5. The normalized spacial score (nSPS) is 10.5. The van der Waals surface area contributed by atoms with Gasteiger partial charge >= 0.3 is 0 Å². The highest BCUT2D eigenvalue weighted by Crippen LogP contribution is 2.25. The summed E-state index contributed by atoms with van der Waals surface area (Å²) in [5.74, 6) is 0.264. The summed E-state index contributed by atoms with van der Waals surface area (Å²) in [5, 5.41) is 18.5. The molecule has 0 atom stereocenters. The van der Waals surface area contributed by atoms with Crippen LogP contribution in [0.25, 0.3) is 5.69 Å². The van der Waals surface area contributed by atoms with E-state index in [0.29, 0.717) is 11.4 Å². The van der Waals surface area contributed by atoms with Gasteiger partial charge in [-0.25, -0.2) is 4.68 Å². The molecule has 2 N–H and O–H groups in total. The Labute approximate surface area is 97.0 Å². The van der Waals surface area contributed by atoms with Gasteiger partial charge in [-0.2, -0.15) is 0 Å². The van der Waals surface area contributed by atoms with Gasteiger partial charge in [-0.3, -0.25) is 10.1 Å². The van der Waals surface area contributed by atoms with Gasteiger partial charge in [-0.15, -0.1) is 5.10 Å². The Morgan fingerprint density at radius 1 is 1.41 bits per heavy atom. The molecule has 0 saturated heterocycles. The summed E-state index contributed by atoms with van der Waals surface area (Å²) < 4.78 is 1.37. The molecule has 1 aromatic carbocycles. The number of anilines is 1. The van der Waals surface area contributed by atoms with E-state index in [0.717, 1.165) is 5.56 Å². The number of nitro groups is 1. The highest BCUT2D eigenvalue weighted by molar-refractivity contribution is 5.55. The van der Waals surface area contributed by atoms with Gasteiger partial charge in [0.2, 0.25) is 0 Å². The van der Waals surface area contributed by atoms with Crippen molar-refractivity contribution in [1.82, 2.24) is 15.0 Å². The first kappa shape index (κ1) is 11.1. The van der Waals surface area contributed by atoms with Crippen molar-refractivity contribution in [2.75, 3.05) is 5.73 Å². The van der Waals surface area contributed by atoms with Gasteiger partial charge in [0.05, 0.1) is 10.6 Å². The van der Waals surface area contributed by atoms with Crippen LogP contribution in [0.3, 0.4) is 0 Å². The van der Waals surface area contributed by atoms with Crippen LogP contribution in [-0.2, 0) is 0 Å². The van der Waals surface area contributed by atoms with Crippen LogP contribution in [0.1, 0.15) is 11.3 Å². The van der Waals surface area contributed by atoms with Crippen molar-refractivity contribution in [2.24, 2.45) is 0 Å². The third kappa shape index (κ3) is 1.82. The zero-order chi connectivity index (χ0) is 12.6. The Kier molecular flexibility index (Phi) is 2.51. The summed E-state index contributed by atoms with van der Waals surface area (Å²) in [6.07, 6.45) is 0. The van der Waals surface area contributed by atoms with E-state index in [9.17, 15) is 10.1 Å². The van der Waals surface area contributed by atoms with Gasteiger partial charge in [0.15, 0.2) is 5.82 Å². The highest BCUT2D eigenvalue weighted by Gasteiger charge is 2.18. The first-order valence-corrected chi connectivity index (χ1v) is 4.94. The van der Waals surface area contributed by atoms with Crippen LogP contribution in [0.2, 0.25) is 0 Å². The number of aromatic nitrogens is 3. The van der Waals surface area contributed by atoms with E-state index in [4.69, 9.17) is 5.73 Å². The van der Waals surface area contributed by atoms with E-state index in [2.05, 4.69) is 10.3 Å². The van der Waals surface area contributed by atoms with Crippen molar-refractivity contribution < 1.29 is 4.92 Å². The molecule has 0 spiro atoms. The maximum Gasteiger partial charge on any atom is 0.295 e. The molecule has 0 aliphatic heterocycles. The first-order chi connectivity index (χ1) is 8.00. The molecule has 0 bridgehead atoms. The molecule has 0 amide bonds. The Morgan fingerprint density at radius 2 is 2.12 bits per heavy atom. The van der Waals surface area contributed by atoms with Crippen molar-refractivity contribution in [2.45, 2.75) is 13.8 Å². The molecule has 17 heavy (non-hydrogen) atoms. The van der Waals surface area contributed by atoms with Crippen molar-refractivity contribution in [1.29, 1.82) is 0 Å². The minimum atomic E-state index is -0.445. The van der Waals surface area contributed by atoms with Gasteiger partial charge in [0.25, 0.3) is 5.69 Å². The lowest BCUT2D eigenvalue weighted by atomic mass is 10.2. The van der Waals surface area contributed by atoms with Crippen molar-refractivity contribution in [3.8, 4) is 5.69 Å². The zero-order valence-corrected chi connectivity index (χ0v) is 9.41. The predicted octanol–water partition coefficient (Wildman–Crippen LogP) is 1.37. The second kappa shape index (κ2) is 3.85. The van der Waals surface area contributed by atoms with Gasteiger partial charge in [0, 0.05) is 6.07 Å². The highest BCUT2D eigenvalue weighted by atomic mass is 16.6. The number of nitrogen functional groups attached to an aromatic ring is 1. The smallest absolute Gasteiger partial charge is 0.295 e. The van der Waals surface area contributed by atoms with Gasteiger partial charge in [-0.05, 0) is 25.5 Å². The van der Waals surface area contributed by atoms with E-state index in [-0.39, 0.29) is 11.5 Å². The average Bonchev–Trinajstić information content (AvgIpc) is 2.60. The lowest BCUT2D eigenvalue weighted by Crippen LogP contribution is -2.04. The van der Waals surface area contributed by atoms with E-state index in [1.165, 1.54) is 10.7 Å². The van der Waals surface area contributed by atoms with Crippen LogP contribution in [0.15, 0.2) is 18.2 Å². The summed E-state index contributed by atoms with van der Waals surface area (Å²) in [6.45, 7) is 3.50. The average molecular weight is 233 g/mol. The monoisotopic (exact) mass is 233 g/mol. The van der Waals surface area contributed by atoms with E-state index < -0.39 is 4.92 Å². The number of nitrogens with zero attached hydrogens (tertiary/aromatic N) is 4. The van der Waals surface area contributed by atoms with Crippen LogP contribution in [0.5, 0.6) is 0 Å². The molecule has 0 aliphatic carbocycles. The van der Waals surface area contributed by atoms with Crippen LogP contribution < -0.4 is 5.73 Å². The van der Waals surface area contributed by atoms with Crippen molar-refractivity contribution in [3.63, 3.8) is 0 Å². The third-order valence-corrected chi connectivity index (χ3v) is 2.49. The Hall–Kier alpha value is -2.44. The summed E-state index contributed by atoms with van der Waals surface area (Å²) in [5.41, 5.74) is 7.31. The fraction of sp³-hybridized carbons (Fsp3) is 0.200. The predicted molar refractivity (Wildman–Crippen MR) is 61.9 cm³/mol. The van der Waals surface area contributed by atoms with E-state index in [1.54, 1.807) is 26.0 Å². The summed E-state index contributed by atoms with van der Waals surface area (Å²) >= 11 is 0. The van der Waals surface area contributed by atoms with Crippen molar-refractivity contribution >= 4 is 11.5 Å². The van der Waals surface area contributed by atoms with Crippen LogP contribution >= 0.6 is 0 Å². The molecule has 2 aromatic rings. The maximum absolute atomic E-state index is 11.0. The second-order valence-corrected chi connectivity index (χ2v) is 3.72. The Morgan fingerprint density at radius 3 is 2.65 bits per heavy atom. The largest absolute Gasteiger partial charge is 0.381 e. The summed E-state index contributed by atoms with van der Waals surface area (Å²) in [6, 6.07) is 4.90. The maximum atomic E-state index is 11.0. The van der Waals surface area contributed by atoms with E-state index >= 15 is 0 Å². The van der Waals surface area contributed by atoms with Crippen LogP contribution in [-0.4, -0.2) is 19.9 Å². The van der Waals surface area contributed by atoms with Crippen LogP contribution in [0, 0.1) is 24.0 Å².